The summed E-state index contributed by atoms with van der Waals surface area (Å²) in [5, 5.41) is 7.00. The lowest BCUT2D eigenvalue weighted by atomic mass is 10.3. The fourth-order valence-corrected chi connectivity index (χ4v) is 3.56. The van der Waals surface area contributed by atoms with Gasteiger partial charge in [0.2, 0.25) is 0 Å². The smallest absolute Gasteiger partial charge is 0.193 e. The van der Waals surface area contributed by atoms with Crippen LogP contribution in [0, 0.1) is 0 Å². The molecular weight excluding hydrogens is 288 g/mol. The van der Waals surface area contributed by atoms with Crippen LogP contribution in [0.15, 0.2) is 22.5 Å². The zero-order valence-corrected chi connectivity index (χ0v) is 14.0. The summed E-state index contributed by atoms with van der Waals surface area (Å²) in [4.78, 5) is 9.23. The lowest BCUT2D eigenvalue weighted by molar-refractivity contribution is 0.373. The van der Waals surface area contributed by atoms with E-state index in [0.717, 1.165) is 38.7 Å². The highest BCUT2D eigenvalue weighted by molar-refractivity contribution is 7.98. The van der Waals surface area contributed by atoms with Crippen molar-refractivity contribution in [2.75, 3.05) is 56.7 Å². The van der Waals surface area contributed by atoms with Crippen molar-refractivity contribution in [3.05, 3.63) is 17.5 Å². The highest BCUT2D eigenvalue weighted by Crippen LogP contribution is 2.22. The molecule has 1 N–H and O–H groups in total. The van der Waals surface area contributed by atoms with Gasteiger partial charge in [-0.25, -0.2) is 0 Å². The summed E-state index contributed by atoms with van der Waals surface area (Å²) < 4.78 is 0. The maximum absolute atomic E-state index is 4.41. The molecule has 0 bridgehead atoms. The van der Waals surface area contributed by atoms with Crippen LogP contribution >= 0.6 is 23.1 Å². The van der Waals surface area contributed by atoms with Crippen molar-refractivity contribution in [3.63, 3.8) is 0 Å². The standard InChI is InChI=1S/C14H24N4S2/c1-15-14(16-6-4-11-19-2)18-9-7-17(8-10-18)13-5-3-12-20-13/h3,5,12H,4,6-11H2,1-2H3,(H,15,16). The Bertz CT molecular complexity index is 397. The average molecular weight is 313 g/mol. The van der Waals surface area contributed by atoms with Crippen LogP contribution in [0.5, 0.6) is 0 Å². The molecule has 0 aliphatic carbocycles. The predicted molar refractivity (Wildman–Crippen MR) is 92.5 cm³/mol. The van der Waals surface area contributed by atoms with Crippen LogP contribution in [0.1, 0.15) is 6.42 Å². The van der Waals surface area contributed by atoms with Crippen LogP contribution in [-0.4, -0.2) is 62.6 Å². The van der Waals surface area contributed by atoms with Crippen molar-refractivity contribution in [3.8, 4) is 0 Å². The van der Waals surface area contributed by atoms with E-state index in [1.54, 1.807) is 0 Å². The molecule has 0 atom stereocenters. The molecule has 112 valence electrons. The maximum atomic E-state index is 4.41. The summed E-state index contributed by atoms with van der Waals surface area (Å²) >= 11 is 3.72. The molecule has 2 heterocycles. The van der Waals surface area contributed by atoms with Crippen LogP contribution < -0.4 is 10.2 Å². The molecule has 1 fully saturated rings. The van der Waals surface area contributed by atoms with Gasteiger partial charge in [0.15, 0.2) is 5.96 Å². The number of thiophene rings is 1. The highest BCUT2D eigenvalue weighted by atomic mass is 32.2. The Morgan fingerprint density at radius 2 is 2.20 bits per heavy atom. The Morgan fingerprint density at radius 3 is 2.80 bits per heavy atom. The van der Waals surface area contributed by atoms with Gasteiger partial charge in [-0.3, -0.25) is 4.99 Å². The average Bonchev–Trinajstić information content (AvgIpc) is 3.02. The number of thioether (sulfide) groups is 1. The Labute approximate surface area is 130 Å². The van der Waals surface area contributed by atoms with Crippen molar-refractivity contribution < 1.29 is 0 Å². The minimum Gasteiger partial charge on any atom is -0.360 e. The Morgan fingerprint density at radius 1 is 1.40 bits per heavy atom. The van der Waals surface area contributed by atoms with Crippen molar-refractivity contribution in [1.82, 2.24) is 10.2 Å². The third-order valence-electron chi connectivity index (χ3n) is 3.42. The molecule has 0 amide bonds. The second-order valence-electron chi connectivity index (χ2n) is 4.75. The van der Waals surface area contributed by atoms with Crippen LogP contribution in [0.4, 0.5) is 5.00 Å². The summed E-state index contributed by atoms with van der Waals surface area (Å²) in [6.07, 6.45) is 3.34. The van der Waals surface area contributed by atoms with Gasteiger partial charge in [0.05, 0.1) is 5.00 Å². The van der Waals surface area contributed by atoms with E-state index in [1.807, 2.05) is 30.1 Å². The fourth-order valence-electron chi connectivity index (χ4n) is 2.34. The first-order chi connectivity index (χ1) is 9.85. The second kappa shape index (κ2) is 8.42. The Hall–Kier alpha value is -0.880. The number of guanidine groups is 1. The van der Waals surface area contributed by atoms with Crippen LogP contribution in [-0.2, 0) is 0 Å². The van der Waals surface area contributed by atoms with Crippen molar-refractivity contribution in [2.45, 2.75) is 6.42 Å². The van der Waals surface area contributed by atoms with Gasteiger partial charge in [0.1, 0.15) is 0 Å². The third-order valence-corrected chi connectivity index (χ3v) is 5.04. The van der Waals surface area contributed by atoms with Crippen LogP contribution in [0.2, 0.25) is 0 Å². The van der Waals surface area contributed by atoms with E-state index in [9.17, 15) is 0 Å². The molecule has 4 nitrogen and oxygen atoms in total. The van der Waals surface area contributed by atoms with Gasteiger partial charge in [-0.05, 0) is 35.9 Å². The lowest BCUT2D eigenvalue weighted by Gasteiger charge is -2.37. The summed E-state index contributed by atoms with van der Waals surface area (Å²) in [5.74, 6) is 2.26. The number of anilines is 1. The molecule has 0 spiro atoms. The Balaban J connectivity index is 1.76. The monoisotopic (exact) mass is 312 g/mol. The fraction of sp³-hybridized carbons (Fsp3) is 0.643. The van der Waals surface area contributed by atoms with Crippen molar-refractivity contribution in [1.29, 1.82) is 0 Å². The first kappa shape index (κ1) is 15.5. The van der Waals surface area contributed by atoms with Gasteiger partial charge in [0.25, 0.3) is 0 Å². The van der Waals surface area contributed by atoms with Gasteiger partial charge < -0.3 is 15.1 Å². The van der Waals surface area contributed by atoms with Crippen molar-refractivity contribution in [2.24, 2.45) is 4.99 Å². The number of piperazine rings is 1. The first-order valence-electron chi connectivity index (χ1n) is 7.08. The van der Waals surface area contributed by atoms with E-state index < -0.39 is 0 Å². The van der Waals surface area contributed by atoms with E-state index in [1.165, 1.54) is 17.2 Å². The molecule has 20 heavy (non-hydrogen) atoms. The van der Waals surface area contributed by atoms with Gasteiger partial charge in [-0.2, -0.15) is 11.8 Å². The van der Waals surface area contributed by atoms with Crippen LogP contribution in [0.3, 0.4) is 0 Å². The molecule has 1 aromatic rings. The summed E-state index contributed by atoms with van der Waals surface area (Å²) in [6.45, 7) is 5.25. The number of rotatable bonds is 5. The normalized spacial score (nSPS) is 16.6. The minimum absolute atomic E-state index is 1.01. The van der Waals surface area contributed by atoms with E-state index in [0.29, 0.717) is 0 Å². The predicted octanol–water partition coefficient (Wildman–Crippen LogP) is 2.20. The van der Waals surface area contributed by atoms with E-state index >= 15 is 0 Å². The second-order valence-corrected chi connectivity index (χ2v) is 6.66. The third kappa shape index (κ3) is 4.31. The molecule has 0 unspecified atom stereocenters. The SMILES string of the molecule is CN=C(NCCCSC)N1CCN(c2cccs2)CC1. The molecule has 0 saturated carbocycles. The van der Waals surface area contributed by atoms with Gasteiger partial charge in [-0.1, -0.05) is 0 Å². The van der Waals surface area contributed by atoms with E-state index in [-0.39, 0.29) is 0 Å². The zero-order chi connectivity index (χ0) is 14.2. The van der Waals surface area contributed by atoms with Gasteiger partial charge in [0, 0.05) is 39.8 Å². The molecule has 1 aliphatic rings. The molecule has 2 rings (SSSR count). The zero-order valence-electron chi connectivity index (χ0n) is 12.3. The number of nitrogens with one attached hydrogen (secondary N) is 1. The molecule has 1 saturated heterocycles. The molecule has 6 heteroatoms. The number of aliphatic imine (C=N–C) groups is 1. The maximum Gasteiger partial charge on any atom is 0.193 e. The molecule has 0 radical (unpaired) electrons. The molecule has 1 aromatic heterocycles. The Kier molecular flexibility index (Phi) is 6.53. The van der Waals surface area contributed by atoms with E-state index in [2.05, 4.69) is 43.9 Å². The highest BCUT2D eigenvalue weighted by Gasteiger charge is 2.19. The molecular formula is C14H24N4S2. The topological polar surface area (TPSA) is 30.9 Å². The summed E-state index contributed by atoms with van der Waals surface area (Å²) in [7, 11) is 1.88. The number of hydrogen-bond donors (Lipinski definition) is 1. The molecule has 0 aromatic carbocycles. The summed E-state index contributed by atoms with van der Waals surface area (Å²) in [6, 6.07) is 4.33. The molecule has 1 aliphatic heterocycles. The summed E-state index contributed by atoms with van der Waals surface area (Å²) in [5.41, 5.74) is 0. The van der Waals surface area contributed by atoms with Crippen molar-refractivity contribution >= 4 is 34.1 Å². The quantitative estimate of drug-likeness (QED) is 0.513. The van der Waals surface area contributed by atoms with E-state index in [4.69, 9.17) is 0 Å². The van der Waals surface area contributed by atoms with Crippen LogP contribution in [0.25, 0.3) is 0 Å². The number of hydrogen-bond acceptors (Lipinski definition) is 4. The number of nitrogens with zero attached hydrogens (tertiary/aromatic N) is 3. The lowest BCUT2D eigenvalue weighted by Crippen LogP contribution is -2.52. The van der Waals surface area contributed by atoms with Gasteiger partial charge >= 0.3 is 0 Å². The van der Waals surface area contributed by atoms with Gasteiger partial charge in [-0.15, -0.1) is 11.3 Å². The largest absolute Gasteiger partial charge is 0.360 e. The minimum atomic E-state index is 1.01. The first-order valence-corrected chi connectivity index (χ1v) is 9.35.